The zero-order valence-corrected chi connectivity index (χ0v) is 8.89. The number of ether oxygens (including phenoxy) is 1. The van der Waals surface area contributed by atoms with Crippen LogP contribution in [-0.2, 0) is 11.3 Å². The molecule has 0 bridgehead atoms. The largest absolute Gasteiger partial charge is 0.368 e. The molecule has 14 heavy (non-hydrogen) atoms. The van der Waals surface area contributed by atoms with Crippen molar-refractivity contribution in [3.05, 3.63) is 17.0 Å². The van der Waals surface area contributed by atoms with E-state index in [1.54, 1.807) is 0 Å². The molecule has 0 aromatic carbocycles. The van der Waals surface area contributed by atoms with Gasteiger partial charge in [-0.2, -0.15) is 0 Å². The Morgan fingerprint density at radius 1 is 1.50 bits per heavy atom. The van der Waals surface area contributed by atoms with Crippen LogP contribution in [0.15, 0.2) is 4.52 Å². The molecule has 0 aliphatic carbocycles. The van der Waals surface area contributed by atoms with Crippen LogP contribution in [0.1, 0.15) is 23.9 Å². The zero-order valence-electron chi connectivity index (χ0n) is 8.89. The molecule has 0 unspecified atom stereocenters. The molecule has 1 aliphatic heterocycles. The number of aryl methyl sites for hydroxylation is 2. The topological polar surface area (TPSA) is 47.3 Å². The molecule has 2 rings (SSSR count). The monoisotopic (exact) mass is 196 g/mol. The maximum absolute atomic E-state index is 5.81. The fourth-order valence-electron chi connectivity index (χ4n) is 1.53. The van der Waals surface area contributed by atoms with Crippen LogP contribution >= 0.6 is 0 Å². The third-order valence-corrected chi connectivity index (χ3v) is 2.74. The maximum Gasteiger partial charge on any atom is 0.139 e. The van der Waals surface area contributed by atoms with Crippen LogP contribution in [0.4, 0.5) is 0 Å². The molecule has 1 aliphatic rings. The van der Waals surface area contributed by atoms with Gasteiger partial charge in [-0.25, -0.2) is 0 Å². The van der Waals surface area contributed by atoms with E-state index in [2.05, 4.69) is 17.4 Å². The Morgan fingerprint density at radius 3 is 2.64 bits per heavy atom. The van der Waals surface area contributed by atoms with Gasteiger partial charge in [-0.3, -0.25) is 0 Å². The molecule has 1 saturated heterocycles. The van der Waals surface area contributed by atoms with E-state index in [-0.39, 0.29) is 5.60 Å². The highest BCUT2D eigenvalue weighted by Crippen LogP contribution is 2.20. The number of hydrogen-bond donors (Lipinski definition) is 1. The normalized spacial score (nSPS) is 19.4. The van der Waals surface area contributed by atoms with Crippen molar-refractivity contribution in [2.24, 2.45) is 0 Å². The van der Waals surface area contributed by atoms with Crippen LogP contribution in [-0.4, -0.2) is 23.8 Å². The van der Waals surface area contributed by atoms with E-state index in [1.165, 1.54) is 0 Å². The lowest BCUT2D eigenvalue weighted by Crippen LogP contribution is -2.58. The molecule has 1 fully saturated rings. The molecule has 0 saturated carbocycles. The van der Waals surface area contributed by atoms with Gasteiger partial charge in [0.05, 0.1) is 17.9 Å². The summed E-state index contributed by atoms with van der Waals surface area (Å²) in [6, 6.07) is 0. The molecule has 4 nitrogen and oxygen atoms in total. The molecule has 4 heteroatoms. The first-order valence-corrected chi connectivity index (χ1v) is 4.87. The molecule has 0 spiro atoms. The van der Waals surface area contributed by atoms with Gasteiger partial charge >= 0.3 is 0 Å². The Labute approximate surface area is 83.6 Å². The molecule has 0 atom stereocenters. The Kier molecular flexibility index (Phi) is 2.33. The minimum absolute atomic E-state index is 0.00382. The highest BCUT2D eigenvalue weighted by atomic mass is 16.5. The first kappa shape index (κ1) is 9.68. The van der Waals surface area contributed by atoms with E-state index in [9.17, 15) is 0 Å². The summed E-state index contributed by atoms with van der Waals surface area (Å²) in [6.45, 7) is 8.42. The SMILES string of the molecule is Cc1noc(C)c1COC1(C)CNC1. The Bertz CT molecular complexity index is 309. The lowest BCUT2D eigenvalue weighted by atomic mass is 10.00. The number of rotatable bonds is 3. The summed E-state index contributed by atoms with van der Waals surface area (Å²) in [6.07, 6.45) is 0. The van der Waals surface area contributed by atoms with Gasteiger partial charge in [0.25, 0.3) is 0 Å². The fourth-order valence-corrected chi connectivity index (χ4v) is 1.53. The van der Waals surface area contributed by atoms with Crippen LogP contribution in [0.25, 0.3) is 0 Å². The average molecular weight is 196 g/mol. The number of hydrogen-bond acceptors (Lipinski definition) is 4. The second-order valence-corrected chi connectivity index (χ2v) is 4.14. The quantitative estimate of drug-likeness (QED) is 0.788. The van der Waals surface area contributed by atoms with Gasteiger partial charge in [-0.1, -0.05) is 5.16 Å². The first-order chi connectivity index (χ1) is 6.61. The minimum Gasteiger partial charge on any atom is -0.368 e. The molecule has 78 valence electrons. The summed E-state index contributed by atoms with van der Waals surface area (Å²) in [7, 11) is 0. The number of nitrogens with one attached hydrogen (secondary N) is 1. The zero-order chi connectivity index (χ0) is 10.2. The van der Waals surface area contributed by atoms with Crippen molar-refractivity contribution in [2.75, 3.05) is 13.1 Å². The summed E-state index contributed by atoms with van der Waals surface area (Å²) >= 11 is 0. The van der Waals surface area contributed by atoms with Gasteiger partial charge in [0.1, 0.15) is 5.76 Å². The van der Waals surface area contributed by atoms with E-state index in [0.29, 0.717) is 6.61 Å². The summed E-state index contributed by atoms with van der Waals surface area (Å²) in [5, 5.41) is 7.09. The summed E-state index contributed by atoms with van der Waals surface area (Å²) < 4.78 is 10.9. The average Bonchev–Trinajstić information content (AvgIpc) is 2.41. The van der Waals surface area contributed by atoms with Gasteiger partial charge in [0, 0.05) is 18.7 Å². The lowest BCUT2D eigenvalue weighted by molar-refractivity contribution is -0.0771. The van der Waals surface area contributed by atoms with Crippen molar-refractivity contribution in [1.29, 1.82) is 0 Å². The van der Waals surface area contributed by atoms with E-state index in [4.69, 9.17) is 9.26 Å². The van der Waals surface area contributed by atoms with Gasteiger partial charge in [-0.05, 0) is 20.8 Å². The smallest absolute Gasteiger partial charge is 0.139 e. The molecule has 1 aromatic heterocycles. The minimum atomic E-state index is -0.00382. The molecular formula is C10H16N2O2. The Morgan fingerprint density at radius 2 is 2.21 bits per heavy atom. The predicted molar refractivity (Wildman–Crippen MR) is 52.0 cm³/mol. The first-order valence-electron chi connectivity index (χ1n) is 4.87. The second kappa shape index (κ2) is 3.37. The van der Waals surface area contributed by atoms with E-state index < -0.39 is 0 Å². The van der Waals surface area contributed by atoms with Gasteiger partial charge in [0.15, 0.2) is 0 Å². The predicted octanol–water partition coefficient (Wildman–Crippen LogP) is 1.17. The van der Waals surface area contributed by atoms with Crippen LogP contribution in [0.5, 0.6) is 0 Å². The van der Waals surface area contributed by atoms with Gasteiger partial charge in [-0.15, -0.1) is 0 Å². The summed E-state index contributed by atoms with van der Waals surface area (Å²) in [4.78, 5) is 0. The van der Waals surface area contributed by atoms with Crippen LogP contribution in [0, 0.1) is 13.8 Å². The van der Waals surface area contributed by atoms with Crippen molar-refractivity contribution in [2.45, 2.75) is 33.0 Å². The second-order valence-electron chi connectivity index (χ2n) is 4.14. The van der Waals surface area contributed by atoms with Crippen molar-refractivity contribution >= 4 is 0 Å². The molecule has 1 aromatic rings. The van der Waals surface area contributed by atoms with Crippen molar-refractivity contribution in [1.82, 2.24) is 10.5 Å². The Hall–Kier alpha value is -0.870. The summed E-state index contributed by atoms with van der Waals surface area (Å²) in [5.41, 5.74) is 2.01. The van der Waals surface area contributed by atoms with Crippen molar-refractivity contribution < 1.29 is 9.26 Å². The molecular weight excluding hydrogens is 180 g/mol. The van der Waals surface area contributed by atoms with Gasteiger partial charge < -0.3 is 14.6 Å². The molecule has 0 radical (unpaired) electrons. The third-order valence-electron chi connectivity index (χ3n) is 2.74. The van der Waals surface area contributed by atoms with Crippen LogP contribution in [0.2, 0.25) is 0 Å². The summed E-state index contributed by atoms with van der Waals surface area (Å²) in [5.74, 6) is 0.860. The van der Waals surface area contributed by atoms with Crippen LogP contribution in [0.3, 0.4) is 0 Å². The number of nitrogens with zero attached hydrogens (tertiary/aromatic N) is 1. The van der Waals surface area contributed by atoms with E-state index in [1.807, 2.05) is 13.8 Å². The lowest BCUT2D eigenvalue weighted by Gasteiger charge is -2.39. The highest BCUT2D eigenvalue weighted by molar-refractivity contribution is 5.19. The third kappa shape index (κ3) is 1.67. The fraction of sp³-hybridized carbons (Fsp3) is 0.700. The molecule has 0 amide bonds. The maximum atomic E-state index is 5.81. The van der Waals surface area contributed by atoms with Gasteiger partial charge in [0.2, 0.25) is 0 Å². The standard InChI is InChI=1S/C10H16N2O2/c1-7-9(8(2)14-12-7)4-13-10(3)5-11-6-10/h11H,4-6H2,1-3H3. The molecule has 2 heterocycles. The van der Waals surface area contributed by atoms with Crippen molar-refractivity contribution in [3.8, 4) is 0 Å². The highest BCUT2D eigenvalue weighted by Gasteiger charge is 2.32. The van der Waals surface area contributed by atoms with E-state index in [0.717, 1.165) is 30.1 Å². The number of aromatic nitrogens is 1. The van der Waals surface area contributed by atoms with Crippen molar-refractivity contribution in [3.63, 3.8) is 0 Å². The van der Waals surface area contributed by atoms with E-state index >= 15 is 0 Å². The van der Waals surface area contributed by atoms with Crippen LogP contribution < -0.4 is 5.32 Å². The Balaban J connectivity index is 1.97. The molecule has 1 N–H and O–H groups in total.